The van der Waals surface area contributed by atoms with Crippen LogP contribution in [0.25, 0.3) is 0 Å². The van der Waals surface area contributed by atoms with Crippen LogP contribution in [0.2, 0.25) is 0 Å². The van der Waals surface area contributed by atoms with E-state index in [1.54, 1.807) is 39.8 Å². The topological polar surface area (TPSA) is 124 Å². The molecule has 4 N–H and O–H groups in total. The smallest absolute Gasteiger partial charge is 0.309 e. The number of ether oxygens (including phenoxy) is 1. The fourth-order valence-corrected chi connectivity index (χ4v) is 6.95. The van der Waals surface area contributed by atoms with E-state index in [9.17, 15) is 30.0 Å². The third-order valence-corrected chi connectivity index (χ3v) is 8.74. The van der Waals surface area contributed by atoms with Gasteiger partial charge in [-0.3, -0.25) is 9.59 Å². The molecule has 7 nitrogen and oxygen atoms in total. The average molecular weight is 435 g/mol. The number of aliphatic hydroxyl groups excluding tert-OH is 2. The summed E-state index contributed by atoms with van der Waals surface area (Å²) in [5, 5.41) is 45.1. The first-order valence-electron chi connectivity index (χ1n) is 11.1. The first-order valence-corrected chi connectivity index (χ1v) is 11.1. The molecule has 7 heteroatoms. The van der Waals surface area contributed by atoms with Crippen molar-refractivity contribution in [2.75, 3.05) is 6.61 Å². The van der Waals surface area contributed by atoms with Crippen molar-refractivity contribution in [1.29, 1.82) is 0 Å². The number of ketones is 1. The number of aliphatic hydroxyl groups is 4. The predicted molar refractivity (Wildman–Crippen MR) is 112 cm³/mol. The molecule has 4 rings (SSSR count). The molecule has 0 spiro atoms. The zero-order valence-corrected chi connectivity index (χ0v) is 19.0. The molecule has 8 atom stereocenters. The van der Waals surface area contributed by atoms with Gasteiger partial charge in [0, 0.05) is 35.5 Å². The third-order valence-electron chi connectivity index (χ3n) is 8.74. The van der Waals surface area contributed by atoms with Crippen LogP contribution in [-0.4, -0.2) is 61.7 Å². The van der Waals surface area contributed by atoms with E-state index in [0.717, 1.165) is 0 Å². The van der Waals surface area contributed by atoms with Gasteiger partial charge in [0.2, 0.25) is 0 Å². The van der Waals surface area contributed by atoms with Crippen molar-refractivity contribution < 1.29 is 34.8 Å². The van der Waals surface area contributed by atoms with E-state index >= 15 is 0 Å². The highest BCUT2D eigenvalue weighted by molar-refractivity contribution is 6.04. The van der Waals surface area contributed by atoms with Gasteiger partial charge in [0.1, 0.15) is 11.2 Å². The van der Waals surface area contributed by atoms with Crippen LogP contribution in [0, 0.1) is 35.0 Å². The highest BCUT2D eigenvalue weighted by Crippen LogP contribution is 2.76. The number of Topliss-reactive ketones (excluding diaryl/α,β-unsaturated/α-hetero) is 1. The Labute approximate surface area is 182 Å². The quantitative estimate of drug-likeness (QED) is 0.388. The number of carbonyl (C=O) groups is 2. The summed E-state index contributed by atoms with van der Waals surface area (Å²) < 4.78 is 5.96. The number of esters is 1. The monoisotopic (exact) mass is 434 g/mol. The molecule has 0 radical (unpaired) electrons. The summed E-state index contributed by atoms with van der Waals surface area (Å²) in [7, 11) is 0. The molecule has 2 fully saturated rings. The van der Waals surface area contributed by atoms with Gasteiger partial charge in [0.05, 0.1) is 24.2 Å². The van der Waals surface area contributed by atoms with E-state index in [2.05, 4.69) is 0 Å². The molecule has 0 aromatic carbocycles. The molecule has 0 amide bonds. The summed E-state index contributed by atoms with van der Waals surface area (Å²) >= 11 is 0. The Morgan fingerprint density at radius 2 is 1.87 bits per heavy atom. The molecule has 0 aromatic rings. The lowest BCUT2D eigenvalue weighted by atomic mass is 9.59. The number of fused-ring (bicyclic) bond motifs is 5. The molecule has 0 aliphatic heterocycles. The van der Waals surface area contributed by atoms with Gasteiger partial charge >= 0.3 is 5.97 Å². The molecule has 2 saturated carbocycles. The van der Waals surface area contributed by atoms with Crippen LogP contribution in [-0.2, 0) is 14.3 Å². The summed E-state index contributed by atoms with van der Waals surface area (Å²) in [6.07, 6.45) is 2.07. The lowest BCUT2D eigenvalue weighted by molar-refractivity contribution is -0.220. The highest BCUT2D eigenvalue weighted by Gasteiger charge is 2.86. The van der Waals surface area contributed by atoms with Crippen LogP contribution < -0.4 is 0 Å². The van der Waals surface area contributed by atoms with Crippen molar-refractivity contribution in [3.63, 3.8) is 0 Å². The summed E-state index contributed by atoms with van der Waals surface area (Å²) in [5.41, 5.74) is -4.57. The summed E-state index contributed by atoms with van der Waals surface area (Å²) in [4.78, 5) is 25.5. The largest absolute Gasteiger partial charge is 0.455 e. The Kier molecular flexibility index (Phi) is 4.75. The van der Waals surface area contributed by atoms with Gasteiger partial charge in [-0.05, 0) is 18.1 Å². The highest BCUT2D eigenvalue weighted by atomic mass is 16.6. The van der Waals surface area contributed by atoms with Gasteiger partial charge in [-0.1, -0.05) is 46.8 Å². The second-order valence-electron chi connectivity index (χ2n) is 11.0. The summed E-state index contributed by atoms with van der Waals surface area (Å²) in [5.74, 6) is -4.09. The maximum absolute atomic E-state index is 12.9. The van der Waals surface area contributed by atoms with Gasteiger partial charge in [0.15, 0.2) is 5.78 Å². The van der Waals surface area contributed by atoms with E-state index in [1.807, 2.05) is 13.8 Å². The van der Waals surface area contributed by atoms with Crippen LogP contribution in [0.1, 0.15) is 48.0 Å². The van der Waals surface area contributed by atoms with Crippen LogP contribution >= 0.6 is 0 Å². The maximum Gasteiger partial charge on any atom is 0.309 e. The average Bonchev–Trinajstić information content (AvgIpc) is 3.13. The van der Waals surface area contributed by atoms with Crippen molar-refractivity contribution >= 4 is 11.8 Å². The summed E-state index contributed by atoms with van der Waals surface area (Å²) in [6.45, 7) is 10.2. The fourth-order valence-electron chi connectivity index (χ4n) is 6.95. The van der Waals surface area contributed by atoms with Crippen LogP contribution in [0.5, 0.6) is 0 Å². The van der Waals surface area contributed by atoms with Crippen molar-refractivity contribution in [3.05, 3.63) is 23.3 Å². The number of hydrogen-bond acceptors (Lipinski definition) is 7. The molecule has 172 valence electrons. The van der Waals surface area contributed by atoms with Crippen molar-refractivity contribution in [2.24, 2.45) is 35.0 Å². The van der Waals surface area contributed by atoms with E-state index in [-0.39, 0.29) is 18.9 Å². The third kappa shape index (κ3) is 2.49. The number of carbonyl (C=O) groups excluding carboxylic acids is 2. The van der Waals surface area contributed by atoms with Gasteiger partial charge in [-0.2, -0.15) is 0 Å². The maximum atomic E-state index is 12.9. The minimum atomic E-state index is -1.89. The van der Waals surface area contributed by atoms with Crippen molar-refractivity contribution in [2.45, 2.75) is 70.9 Å². The number of hydrogen-bond donors (Lipinski definition) is 4. The lowest BCUT2D eigenvalue weighted by Crippen LogP contribution is -2.65. The molecule has 0 unspecified atom stereocenters. The first-order chi connectivity index (χ1) is 14.2. The van der Waals surface area contributed by atoms with Crippen LogP contribution in [0.15, 0.2) is 23.3 Å². The van der Waals surface area contributed by atoms with Crippen LogP contribution in [0.4, 0.5) is 0 Å². The van der Waals surface area contributed by atoms with Crippen molar-refractivity contribution in [1.82, 2.24) is 0 Å². The van der Waals surface area contributed by atoms with Crippen LogP contribution in [0.3, 0.4) is 0 Å². The second kappa shape index (κ2) is 6.50. The molecular formula is C24H34O7. The Morgan fingerprint density at radius 3 is 2.42 bits per heavy atom. The zero-order valence-electron chi connectivity index (χ0n) is 19.0. The Bertz CT molecular complexity index is 902. The molecule has 0 saturated heterocycles. The van der Waals surface area contributed by atoms with Gasteiger partial charge in [0.25, 0.3) is 0 Å². The van der Waals surface area contributed by atoms with E-state index in [1.165, 1.54) is 0 Å². The zero-order chi connectivity index (χ0) is 23.3. The molecule has 0 aromatic heterocycles. The number of rotatable bonds is 3. The van der Waals surface area contributed by atoms with Gasteiger partial charge in [-0.25, -0.2) is 0 Å². The molecule has 4 aliphatic rings. The van der Waals surface area contributed by atoms with Gasteiger partial charge in [-0.15, -0.1) is 0 Å². The molecular weight excluding hydrogens is 400 g/mol. The summed E-state index contributed by atoms with van der Waals surface area (Å²) in [6, 6.07) is 0. The fraction of sp³-hybridized carbons (Fsp3) is 0.750. The molecule has 0 bridgehead atoms. The van der Waals surface area contributed by atoms with Crippen molar-refractivity contribution in [3.8, 4) is 0 Å². The Hall–Kier alpha value is -1.54. The van der Waals surface area contributed by atoms with E-state index in [4.69, 9.17) is 4.74 Å². The first kappa shape index (κ1) is 22.6. The Balaban J connectivity index is 1.90. The normalized spacial score (nSPS) is 47.6. The SMILES string of the molecule is CC1=C[C@H]2[C@@]3(O)[C@H](C)[C@@H](O)[C@]4(OC(=O)C(C)C)[C@H]([C@@H]3C=C(CO)C[C@]2(O)C1=O)C4(C)C. The molecule has 0 heterocycles. The predicted octanol–water partition coefficient (Wildman–Crippen LogP) is 1.14. The molecule has 31 heavy (non-hydrogen) atoms. The standard InChI is InChI=1S/C24H34O7/c1-11(2)20(28)31-24-17(21(24,5)6)15-8-14(10-25)9-22(29)16(7-12(3)18(22)26)23(15,30)13(4)19(24)27/h7-8,11,13,15-17,19,25,27,29-30H,9-10H2,1-6H3/t13-,15+,16-,17-,19-,22-,23-,24-/m1/s1. The minimum absolute atomic E-state index is 0.0889. The molecule has 4 aliphatic carbocycles. The van der Waals surface area contributed by atoms with E-state index in [0.29, 0.717) is 11.1 Å². The Morgan fingerprint density at radius 1 is 1.26 bits per heavy atom. The second-order valence-corrected chi connectivity index (χ2v) is 11.0. The minimum Gasteiger partial charge on any atom is -0.455 e. The van der Waals surface area contributed by atoms with Gasteiger partial charge < -0.3 is 25.2 Å². The lowest BCUT2D eigenvalue weighted by Gasteiger charge is -2.52. The van der Waals surface area contributed by atoms with E-state index < -0.39 is 63.7 Å².